The molecule has 2 aliphatic carbocycles. The molecule has 2 aliphatic heterocycles. The number of nitrogens with one attached hydrogen (secondary N) is 4. The summed E-state index contributed by atoms with van der Waals surface area (Å²) in [6.07, 6.45) is 6.73. The van der Waals surface area contributed by atoms with E-state index in [0.29, 0.717) is 12.7 Å². The summed E-state index contributed by atoms with van der Waals surface area (Å²) < 4.78 is 9.65. The van der Waals surface area contributed by atoms with Crippen molar-refractivity contribution in [1.29, 1.82) is 0 Å². The summed E-state index contributed by atoms with van der Waals surface area (Å²) in [5.41, 5.74) is 5.82. The Bertz CT molecular complexity index is 2400. The van der Waals surface area contributed by atoms with Crippen molar-refractivity contribution in [2.24, 2.45) is 11.8 Å². The maximum absolute atomic E-state index is 13.9. The minimum atomic E-state index is -1.73. The van der Waals surface area contributed by atoms with Gasteiger partial charge in [-0.3, -0.25) is 9.59 Å². The molecule has 0 unspecified atom stereocenters. The number of fused-ring (bicyclic) bond motifs is 3. The van der Waals surface area contributed by atoms with E-state index in [1.807, 2.05) is 22.1 Å². The largest absolute Gasteiger partial charge is 0.453 e. The average molecular weight is 803 g/mol. The van der Waals surface area contributed by atoms with Gasteiger partial charge in [-0.2, -0.15) is 0 Å². The van der Waals surface area contributed by atoms with Gasteiger partial charge in [0, 0.05) is 18.1 Å². The van der Waals surface area contributed by atoms with Crippen LogP contribution in [0.2, 0.25) is 19.1 Å². The summed E-state index contributed by atoms with van der Waals surface area (Å²) in [4.78, 5) is 72.5. The second-order valence-corrected chi connectivity index (χ2v) is 22.3. The Morgan fingerprint density at radius 3 is 2.05 bits per heavy atom. The van der Waals surface area contributed by atoms with Crippen molar-refractivity contribution < 1.29 is 28.7 Å². The van der Waals surface area contributed by atoms with Crippen LogP contribution < -0.4 is 10.6 Å². The van der Waals surface area contributed by atoms with E-state index < -0.39 is 32.3 Å². The first kappa shape index (κ1) is 37.9. The van der Waals surface area contributed by atoms with Crippen LogP contribution in [0.3, 0.4) is 0 Å². The number of likely N-dealkylation sites (tertiary alicyclic amines) is 1. The van der Waals surface area contributed by atoms with Gasteiger partial charge in [-0.1, -0.05) is 55.6 Å². The Morgan fingerprint density at radius 1 is 0.759 bits per heavy atom. The maximum atomic E-state index is 13.9. The zero-order valence-corrected chi connectivity index (χ0v) is 34.3. The standard InChI is InChI=1S/C43H50N8O6Si/c1-56-42(54)48-35(26-11-12-26)40(52)50-19-5-6-33(50)39-45-31-18-16-29-20-28(15-17-30(29)37(31)47-39)24-7-9-25(10-8-24)32-21-44-38(46-32)34-22-58(3,4)23-51(34)41(53)36(27-13-14-27)49-43(55)57-2/h7-10,15-18,20-21,26-27,33-36H,5-6,11-14,19,22-23H2,1-4H3,(H,44,46)(H,45,47)(H,48,54)(H,49,55)/t33-,34-,35-,36-/m0/s1. The van der Waals surface area contributed by atoms with Crippen LogP contribution in [0.5, 0.6) is 0 Å². The number of alkyl carbamates (subject to hydrolysis) is 2. The van der Waals surface area contributed by atoms with E-state index in [9.17, 15) is 19.2 Å². The van der Waals surface area contributed by atoms with E-state index in [2.05, 4.69) is 82.2 Å². The molecule has 4 amide bonds. The lowest BCUT2D eigenvalue weighted by Crippen LogP contribution is -2.50. The molecule has 2 saturated heterocycles. The first-order valence-electron chi connectivity index (χ1n) is 20.4. The number of hydrogen-bond donors (Lipinski definition) is 4. The number of nitrogens with zero attached hydrogens (tertiary/aromatic N) is 4. The molecule has 58 heavy (non-hydrogen) atoms. The Hall–Kier alpha value is -5.70. The van der Waals surface area contributed by atoms with Gasteiger partial charge in [-0.05, 0) is 90.6 Å². The number of ether oxygens (including phenoxy) is 2. The molecule has 302 valence electrons. The van der Waals surface area contributed by atoms with E-state index >= 15 is 0 Å². The van der Waals surface area contributed by atoms with Gasteiger partial charge in [0.15, 0.2) is 0 Å². The fraction of sp³-hybridized carbons (Fsp3) is 0.442. The Balaban J connectivity index is 0.916. The van der Waals surface area contributed by atoms with Gasteiger partial charge >= 0.3 is 12.2 Å². The normalized spacial score (nSPS) is 21.2. The van der Waals surface area contributed by atoms with E-state index in [4.69, 9.17) is 19.4 Å². The first-order chi connectivity index (χ1) is 28.0. The first-order valence-corrected chi connectivity index (χ1v) is 23.8. The number of carbonyl (C=O) groups excluding carboxylic acids is 4. The van der Waals surface area contributed by atoms with Gasteiger partial charge in [0.2, 0.25) is 11.8 Å². The summed E-state index contributed by atoms with van der Waals surface area (Å²) >= 11 is 0. The minimum absolute atomic E-state index is 0.0528. The van der Waals surface area contributed by atoms with E-state index in [1.165, 1.54) is 14.2 Å². The predicted molar refractivity (Wildman–Crippen MR) is 221 cm³/mol. The maximum Gasteiger partial charge on any atom is 0.407 e. The van der Waals surface area contributed by atoms with Crippen molar-refractivity contribution in [2.45, 2.75) is 81.8 Å². The molecule has 14 nitrogen and oxygen atoms in total. The number of rotatable bonds is 10. The highest BCUT2D eigenvalue weighted by atomic mass is 28.3. The second kappa shape index (κ2) is 14.9. The molecule has 2 saturated carbocycles. The molecular formula is C43H50N8O6Si. The number of amides is 4. The monoisotopic (exact) mass is 802 g/mol. The lowest BCUT2D eigenvalue weighted by Gasteiger charge is -2.28. The predicted octanol–water partition coefficient (Wildman–Crippen LogP) is 6.84. The fourth-order valence-corrected chi connectivity index (χ4v) is 12.0. The Kier molecular flexibility index (Phi) is 9.73. The van der Waals surface area contributed by atoms with Gasteiger partial charge in [0.1, 0.15) is 23.7 Å². The van der Waals surface area contributed by atoms with E-state index in [-0.39, 0.29) is 35.7 Å². The summed E-state index contributed by atoms with van der Waals surface area (Å²) in [6.45, 7) is 5.21. The van der Waals surface area contributed by atoms with E-state index in [0.717, 1.165) is 100 Å². The number of hydrogen-bond acceptors (Lipinski definition) is 8. The van der Waals surface area contributed by atoms with Crippen molar-refractivity contribution in [3.8, 4) is 22.4 Å². The van der Waals surface area contributed by atoms with Crippen LogP contribution in [-0.4, -0.2) is 101 Å². The van der Waals surface area contributed by atoms with Gasteiger partial charge < -0.3 is 39.9 Å². The van der Waals surface area contributed by atoms with Gasteiger partial charge in [-0.15, -0.1) is 0 Å². The number of imidazole rings is 2. The second-order valence-electron chi connectivity index (χ2n) is 17.2. The van der Waals surface area contributed by atoms with Crippen molar-refractivity contribution >= 4 is 53.9 Å². The molecule has 4 aliphatic rings. The van der Waals surface area contributed by atoms with Crippen LogP contribution in [0.15, 0.2) is 60.8 Å². The molecule has 15 heteroatoms. The van der Waals surface area contributed by atoms with Gasteiger partial charge in [0.25, 0.3) is 0 Å². The molecule has 0 bridgehead atoms. The third kappa shape index (κ3) is 7.31. The zero-order valence-electron chi connectivity index (χ0n) is 33.3. The lowest BCUT2D eigenvalue weighted by atomic mass is 9.99. The molecule has 5 aromatic rings. The van der Waals surface area contributed by atoms with Crippen molar-refractivity contribution in [3.63, 3.8) is 0 Å². The highest BCUT2D eigenvalue weighted by molar-refractivity contribution is 6.78. The lowest BCUT2D eigenvalue weighted by molar-refractivity contribution is -0.135. The number of carbonyl (C=O) groups is 4. The number of aromatic nitrogens is 4. The van der Waals surface area contributed by atoms with Gasteiger partial charge in [0.05, 0.1) is 57.3 Å². The summed E-state index contributed by atoms with van der Waals surface area (Å²) in [6, 6.07) is 18.3. The van der Waals surface area contributed by atoms with Gasteiger partial charge in [-0.25, -0.2) is 19.6 Å². The molecule has 2 aromatic heterocycles. The number of aromatic amines is 2. The van der Waals surface area contributed by atoms with Crippen LogP contribution >= 0.6 is 0 Å². The Morgan fingerprint density at radius 2 is 1.40 bits per heavy atom. The van der Waals surface area contributed by atoms with Crippen LogP contribution in [0.4, 0.5) is 9.59 Å². The SMILES string of the molecule is COC(=O)N[C@H](C(=O)N1C[Si](C)(C)C[C@H]1c1ncc(-c2ccc(-c3ccc4c(ccc5nc([C@@H]6CCCN6C(=O)[C@@H](NC(=O)OC)C6CC6)[nH]c54)c3)cc2)[nH]1)C1CC1. The summed E-state index contributed by atoms with van der Waals surface area (Å²) in [5, 5.41) is 7.71. The van der Waals surface area contributed by atoms with Crippen LogP contribution in [0.1, 0.15) is 62.3 Å². The minimum Gasteiger partial charge on any atom is -0.453 e. The summed E-state index contributed by atoms with van der Waals surface area (Å²) in [7, 11) is 0.910. The number of H-pyrrole nitrogens is 2. The molecule has 4 heterocycles. The third-order valence-electron chi connectivity index (χ3n) is 12.4. The summed E-state index contributed by atoms with van der Waals surface area (Å²) in [5.74, 6) is 1.69. The quantitative estimate of drug-likeness (QED) is 0.111. The highest BCUT2D eigenvalue weighted by Crippen LogP contribution is 2.42. The molecule has 4 N–H and O–H groups in total. The smallest absolute Gasteiger partial charge is 0.407 e. The van der Waals surface area contributed by atoms with Crippen molar-refractivity contribution in [3.05, 3.63) is 72.4 Å². The zero-order chi connectivity index (χ0) is 40.3. The Labute approximate surface area is 337 Å². The topological polar surface area (TPSA) is 175 Å². The fourth-order valence-electron chi connectivity index (χ4n) is 9.07. The number of methoxy groups -OCH3 is 2. The number of benzene rings is 3. The molecule has 0 spiro atoms. The molecule has 3 aromatic carbocycles. The molecule has 4 atom stereocenters. The molecule has 9 rings (SSSR count). The van der Waals surface area contributed by atoms with Crippen LogP contribution in [0.25, 0.3) is 44.2 Å². The molecule has 4 fully saturated rings. The van der Waals surface area contributed by atoms with E-state index in [1.54, 1.807) is 0 Å². The average Bonchev–Trinajstić information content (AvgIpc) is 4.04. The molecule has 0 radical (unpaired) electrons. The van der Waals surface area contributed by atoms with Crippen molar-refractivity contribution in [2.75, 3.05) is 26.9 Å². The van der Waals surface area contributed by atoms with Crippen molar-refractivity contribution in [1.82, 2.24) is 40.4 Å². The van der Waals surface area contributed by atoms with Crippen LogP contribution in [0, 0.1) is 11.8 Å². The van der Waals surface area contributed by atoms with Crippen LogP contribution in [-0.2, 0) is 19.1 Å². The highest BCUT2D eigenvalue weighted by Gasteiger charge is 2.48. The molecular weight excluding hydrogens is 753 g/mol. The third-order valence-corrected chi connectivity index (χ3v) is 15.1.